The maximum atomic E-state index is 13.4. The molecule has 3 saturated heterocycles. The van der Waals surface area contributed by atoms with Gasteiger partial charge in [0.25, 0.3) is 17.7 Å². The third-order valence-electron chi connectivity index (χ3n) is 11.6. The van der Waals surface area contributed by atoms with Gasteiger partial charge in [0.1, 0.15) is 11.8 Å². The topological polar surface area (TPSA) is 145 Å². The molecule has 0 spiro atoms. The molecule has 2 atom stereocenters. The summed E-state index contributed by atoms with van der Waals surface area (Å²) in [6.07, 6.45) is 8.38. The summed E-state index contributed by atoms with van der Waals surface area (Å²) in [7, 11) is 0. The van der Waals surface area contributed by atoms with Crippen LogP contribution in [-0.4, -0.2) is 107 Å². The van der Waals surface area contributed by atoms with E-state index in [1.165, 1.54) is 0 Å². The van der Waals surface area contributed by atoms with Gasteiger partial charge in [0, 0.05) is 75.6 Å². The Morgan fingerprint density at radius 2 is 1.68 bits per heavy atom. The fourth-order valence-corrected chi connectivity index (χ4v) is 8.71. The summed E-state index contributed by atoms with van der Waals surface area (Å²) in [5.74, 6) is 0.369. The van der Waals surface area contributed by atoms with Crippen LogP contribution in [0.25, 0.3) is 4.85 Å². The van der Waals surface area contributed by atoms with Crippen molar-refractivity contribution < 1.29 is 23.9 Å². The van der Waals surface area contributed by atoms with Gasteiger partial charge in [-0.05, 0) is 81.2 Å². The van der Waals surface area contributed by atoms with E-state index in [1.54, 1.807) is 42.7 Å². The first-order chi connectivity index (χ1) is 27.1. The number of nitrogens with zero attached hydrogens (tertiary/aromatic N) is 7. The molecule has 0 bridgehead atoms. The number of ether oxygens (including phenoxy) is 1. The lowest BCUT2D eigenvalue weighted by molar-refractivity contribution is -0.125. The quantitative estimate of drug-likeness (QED) is 0.229. The second-order valence-electron chi connectivity index (χ2n) is 15.3. The van der Waals surface area contributed by atoms with Crippen LogP contribution in [0.2, 0.25) is 5.02 Å². The van der Waals surface area contributed by atoms with Gasteiger partial charge < -0.3 is 25.2 Å². The Bertz CT molecular complexity index is 2090. The molecule has 14 nitrogen and oxygen atoms in total. The molecule has 5 aliphatic rings. The van der Waals surface area contributed by atoms with Crippen LogP contribution in [0.4, 0.5) is 17.3 Å². The van der Waals surface area contributed by atoms with Crippen molar-refractivity contribution in [2.45, 2.75) is 63.1 Å². The maximum Gasteiger partial charge on any atom is 0.262 e. The van der Waals surface area contributed by atoms with Crippen LogP contribution < -0.4 is 25.2 Å². The summed E-state index contributed by atoms with van der Waals surface area (Å²) in [6, 6.07) is 9.75. The summed E-state index contributed by atoms with van der Waals surface area (Å²) >= 11 is 6.15. The number of halogens is 1. The van der Waals surface area contributed by atoms with Crippen molar-refractivity contribution in [3.63, 3.8) is 0 Å². The number of allylic oxidation sites excluding steroid dienone is 1. The lowest BCUT2D eigenvalue weighted by Gasteiger charge is -2.37. The largest absolute Gasteiger partial charge is 0.490 e. The highest BCUT2D eigenvalue weighted by Crippen LogP contribution is 2.33. The van der Waals surface area contributed by atoms with Crippen LogP contribution in [0.15, 0.2) is 61.1 Å². The minimum Gasteiger partial charge on any atom is -0.490 e. The van der Waals surface area contributed by atoms with Crippen molar-refractivity contribution in [3.05, 3.63) is 94.2 Å². The molecule has 2 N–H and O–H groups in total. The highest BCUT2D eigenvalue weighted by molar-refractivity contribution is 6.33. The van der Waals surface area contributed by atoms with Crippen LogP contribution in [0, 0.1) is 12.5 Å². The average molecular weight is 778 g/mol. The minimum atomic E-state index is -0.822. The molecular weight excluding hydrogens is 734 g/mol. The van der Waals surface area contributed by atoms with Gasteiger partial charge in [0.2, 0.25) is 17.5 Å². The molecule has 0 radical (unpaired) electrons. The number of piperidine rings is 1. The van der Waals surface area contributed by atoms with Crippen LogP contribution in [-0.2, 0) is 4.79 Å². The third-order valence-corrected chi connectivity index (χ3v) is 11.9. The van der Waals surface area contributed by atoms with Gasteiger partial charge >= 0.3 is 0 Å². The minimum absolute atomic E-state index is 0.0283. The van der Waals surface area contributed by atoms with Crippen molar-refractivity contribution in [2.75, 3.05) is 55.6 Å². The number of nitrogens with one attached hydrogen (secondary N) is 2. The number of fused-ring (bicyclic) bond motifs is 1. The zero-order chi connectivity index (χ0) is 38.9. The number of aromatic nitrogens is 2. The molecule has 3 aromatic rings. The summed E-state index contributed by atoms with van der Waals surface area (Å²) < 4.78 is 6.09. The summed E-state index contributed by atoms with van der Waals surface area (Å²) in [6.45, 7) is 16.9. The number of imide groups is 1. The molecule has 290 valence electrons. The summed E-state index contributed by atoms with van der Waals surface area (Å²) in [4.78, 5) is 72.7. The first-order valence-electron chi connectivity index (χ1n) is 19.3. The number of amides is 4. The molecule has 1 unspecified atom stereocenters. The van der Waals surface area contributed by atoms with Crippen molar-refractivity contribution >= 4 is 52.6 Å². The molecule has 4 aliphatic heterocycles. The molecule has 4 amide bonds. The van der Waals surface area contributed by atoms with Crippen molar-refractivity contribution in [1.29, 1.82) is 0 Å². The van der Waals surface area contributed by atoms with Gasteiger partial charge in [0.05, 0.1) is 34.4 Å². The number of hydrogen-bond acceptors (Lipinski definition) is 10. The number of anilines is 2. The van der Waals surface area contributed by atoms with Gasteiger partial charge in [-0.3, -0.25) is 29.0 Å². The number of carbonyl (C=O) groups excluding carboxylic acids is 4. The van der Waals surface area contributed by atoms with Gasteiger partial charge in [-0.2, -0.15) is 0 Å². The highest BCUT2D eigenvalue weighted by atomic mass is 35.5. The molecular formula is C41H44ClN9O5. The first-order valence-corrected chi connectivity index (χ1v) is 19.7. The van der Waals surface area contributed by atoms with Crippen LogP contribution in [0.3, 0.4) is 0 Å². The molecule has 8 rings (SSSR count). The Kier molecular flexibility index (Phi) is 10.6. The van der Waals surface area contributed by atoms with Crippen LogP contribution in [0.1, 0.15) is 76.0 Å². The first kappa shape index (κ1) is 37.4. The van der Waals surface area contributed by atoms with Crippen LogP contribution >= 0.6 is 11.6 Å². The lowest BCUT2D eigenvalue weighted by atomic mass is 9.92. The van der Waals surface area contributed by atoms with E-state index in [-0.39, 0.29) is 24.0 Å². The van der Waals surface area contributed by atoms with Crippen molar-refractivity contribution in [3.8, 4) is 5.75 Å². The third kappa shape index (κ3) is 7.79. The monoisotopic (exact) mass is 777 g/mol. The summed E-state index contributed by atoms with van der Waals surface area (Å²) in [5, 5.41) is 6.19. The van der Waals surface area contributed by atoms with Crippen molar-refractivity contribution in [1.82, 2.24) is 30.4 Å². The number of carbonyl (C=O) groups is 4. The van der Waals surface area contributed by atoms with Gasteiger partial charge in [-0.25, -0.2) is 14.8 Å². The van der Waals surface area contributed by atoms with E-state index in [2.05, 4.69) is 46.7 Å². The van der Waals surface area contributed by atoms with Gasteiger partial charge in [0.15, 0.2) is 0 Å². The Balaban J connectivity index is 0.769. The highest BCUT2D eigenvalue weighted by Gasteiger charge is 2.44. The van der Waals surface area contributed by atoms with E-state index in [4.69, 9.17) is 22.9 Å². The number of hydrogen-bond donors (Lipinski definition) is 2. The van der Waals surface area contributed by atoms with E-state index >= 15 is 0 Å². The molecule has 15 heteroatoms. The SMILES string of the molecule is [C-]#[N+]c1ccc(OC2CCC(NC(=O)c3cnc(N4CC[C@@H](CN5CCN(c6ccc7c(c6)C(=O)N(C6CCC(=C)NC6=O)C7=O)CC5)C4)nc3)CC2)cc1Cl. The maximum absolute atomic E-state index is 13.4. The standard InChI is InChI=1S/C41H44ClN9O5/c1-25-3-12-36(38(53)46-25)51-39(54)32-10-6-29(19-33(32)40(51)55)49-17-15-48(16-18-49)23-26-13-14-50(24-26)41-44-21-27(22-45-41)37(52)47-28-4-7-30(8-5-28)56-31-9-11-35(43-2)34(42)20-31/h6,9-11,19-22,26,28,30,36H,1,3-5,7-8,12-18,23-24H2,(H,46,53)(H,47,52)/t26-,28?,30?,36?/m0/s1. The fraction of sp³-hybridized carbons (Fsp3) is 0.439. The molecule has 1 aromatic heterocycles. The normalized spacial score (nSPS) is 24.2. The molecule has 5 heterocycles. The Morgan fingerprint density at radius 1 is 0.929 bits per heavy atom. The van der Waals surface area contributed by atoms with Crippen LogP contribution in [0.5, 0.6) is 5.75 Å². The lowest BCUT2D eigenvalue weighted by Crippen LogP contribution is -2.51. The zero-order valence-corrected chi connectivity index (χ0v) is 31.8. The van der Waals surface area contributed by atoms with Crippen molar-refractivity contribution in [2.24, 2.45) is 5.92 Å². The predicted molar refractivity (Wildman–Crippen MR) is 210 cm³/mol. The summed E-state index contributed by atoms with van der Waals surface area (Å²) in [5.41, 5.74) is 3.04. The van der Waals surface area contributed by atoms with E-state index in [0.717, 1.165) is 88.5 Å². The second-order valence-corrected chi connectivity index (χ2v) is 15.7. The zero-order valence-electron chi connectivity index (χ0n) is 31.1. The number of piperazine rings is 1. The fourth-order valence-electron chi connectivity index (χ4n) is 8.49. The molecule has 1 saturated carbocycles. The van der Waals surface area contributed by atoms with E-state index < -0.39 is 17.9 Å². The Hall–Kier alpha value is -5.52. The Labute approximate surface area is 330 Å². The predicted octanol–water partition coefficient (Wildman–Crippen LogP) is 4.84. The molecule has 4 fully saturated rings. The van der Waals surface area contributed by atoms with Gasteiger partial charge in [-0.1, -0.05) is 24.2 Å². The molecule has 2 aromatic carbocycles. The molecule has 56 heavy (non-hydrogen) atoms. The van der Waals surface area contributed by atoms with E-state index in [0.29, 0.717) is 63.6 Å². The van der Waals surface area contributed by atoms with E-state index in [1.807, 2.05) is 6.07 Å². The second kappa shape index (κ2) is 15.9. The Morgan fingerprint density at radius 3 is 2.39 bits per heavy atom. The number of benzene rings is 2. The average Bonchev–Trinajstić information content (AvgIpc) is 3.77. The number of rotatable bonds is 9. The van der Waals surface area contributed by atoms with E-state index in [9.17, 15) is 19.2 Å². The smallest absolute Gasteiger partial charge is 0.262 e. The van der Waals surface area contributed by atoms with Gasteiger partial charge in [-0.15, -0.1) is 0 Å². The molecule has 1 aliphatic carbocycles.